The zero-order valence-electron chi connectivity index (χ0n) is 17.5. The highest BCUT2D eigenvalue weighted by molar-refractivity contribution is 6.22. The van der Waals surface area contributed by atoms with Gasteiger partial charge in [0.25, 0.3) is 17.7 Å². The average molecular weight is 412 g/mol. The van der Waals surface area contributed by atoms with E-state index >= 15 is 0 Å². The highest BCUT2D eigenvalue weighted by Gasteiger charge is 2.40. The first-order valence-corrected chi connectivity index (χ1v) is 11.1. The summed E-state index contributed by atoms with van der Waals surface area (Å²) in [6.07, 6.45) is 6.84. The van der Waals surface area contributed by atoms with E-state index in [4.69, 9.17) is 0 Å². The van der Waals surface area contributed by atoms with Crippen LogP contribution in [0.1, 0.15) is 89.4 Å². The van der Waals surface area contributed by atoms with Crippen LogP contribution < -0.4 is 5.32 Å². The quantitative estimate of drug-likeness (QED) is 0.772. The van der Waals surface area contributed by atoms with Gasteiger partial charge in [0, 0.05) is 37.2 Å². The van der Waals surface area contributed by atoms with E-state index in [0.29, 0.717) is 36.2 Å². The fourth-order valence-electron chi connectivity index (χ4n) is 4.80. The fraction of sp³-hybridized carbons (Fsp3) is 0.565. The van der Waals surface area contributed by atoms with E-state index in [9.17, 15) is 19.2 Å². The van der Waals surface area contributed by atoms with Gasteiger partial charge in [0.2, 0.25) is 5.91 Å². The number of piperidine rings is 1. The van der Waals surface area contributed by atoms with Crippen LogP contribution >= 0.6 is 0 Å². The molecule has 2 fully saturated rings. The third-order valence-corrected chi connectivity index (χ3v) is 6.57. The number of rotatable bonds is 4. The second kappa shape index (κ2) is 8.58. The van der Waals surface area contributed by atoms with Crippen LogP contribution in [0.15, 0.2) is 18.2 Å². The summed E-state index contributed by atoms with van der Waals surface area (Å²) < 4.78 is 0. The molecule has 2 aliphatic heterocycles. The first-order valence-electron chi connectivity index (χ1n) is 11.1. The predicted octanol–water partition coefficient (Wildman–Crippen LogP) is 2.75. The second-order valence-corrected chi connectivity index (χ2v) is 8.52. The Morgan fingerprint density at radius 2 is 1.63 bits per heavy atom. The SMILES string of the molecule is CCC(=O)NC1CCN(C(=O)c2ccc3c(c2)C(=O)N(C2CCCCC2)C3=O)CC1. The van der Waals surface area contributed by atoms with Crippen LogP contribution in [-0.4, -0.2) is 58.6 Å². The standard InChI is InChI=1S/C23H29N3O4/c1-2-20(27)24-16-10-12-25(13-11-16)21(28)15-8-9-18-19(14-15)23(30)26(22(18)29)17-6-4-3-5-7-17/h8-9,14,16-17H,2-7,10-13H2,1H3,(H,24,27). The van der Waals surface area contributed by atoms with Crippen LogP contribution in [0.2, 0.25) is 0 Å². The largest absolute Gasteiger partial charge is 0.353 e. The van der Waals surface area contributed by atoms with Crippen molar-refractivity contribution in [2.75, 3.05) is 13.1 Å². The van der Waals surface area contributed by atoms with Gasteiger partial charge in [-0.15, -0.1) is 0 Å². The zero-order chi connectivity index (χ0) is 21.3. The fourth-order valence-corrected chi connectivity index (χ4v) is 4.80. The molecule has 1 N–H and O–H groups in total. The van der Waals surface area contributed by atoms with Crippen LogP contribution in [0.5, 0.6) is 0 Å². The second-order valence-electron chi connectivity index (χ2n) is 8.52. The third-order valence-electron chi connectivity index (χ3n) is 6.57. The average Bonchev–Trinajstić information content (AvgIpc) is 3.03. The molecule has 0 spiro atoms. The summed E-state index contributed by atoms with van der Waals surface area (Å²) in [5.74, 6) is -0.593. The topological polar surface area (TPSA) is 86.8 Å². The molecule has 0 bridgehead atoms. The van der Waals surface area contributed by atoms with Crippen molar-refractivity contribution in [1.29, 1.82) is 0 Å². The molecule has 0 aromatic heterocycles. The van der Waals surface area contributed by atoms with E-state index in [2.05, 4.69) is 5.32 Å². The Balaban J connectivity index is 1.45. The molecular formula is C23H29N3O4. The number of carbonyl (C=O) groups excluding carboxylic acids is 4. The van der Waals surface area contributed by atoms with Gasteiger partial charge < -0.3 is 10.2 Å². The smallest absolute Gasteiger partial charge is 0.261 e. The lowest BCUT2D eigenvalue weighted by atomic mass is 9.94. The Morgan fingerprint density at radius 3 is 2.30 bits per heavy atom. The maximum atomic E-state index is 13.0. The highest BCUT2D eigenvalue weighted by atomic mass is 16.2. The first kappa shape index (κ1) is 20.6. The van der Waals surface area contributed by atoms with Crippen LogP contribution in [0.3, 0.4) is 0 Å². The lowest BCUT2D eigenvalue weighted by molar-refractivity contribution is -0.121. The molecule has 160 valence electrons. The minimum absolute atomic E-state index is 0.0253. The van der Waals surface area contributed by atoms with Gasteiger partial charge in [0.1, 0.15) is 0 Å². The van der Waals surface area contributed by atoms with Gasteiger partial charge in [-0.05, 0) is 43.9 Å². The number of likely N-dealkylation sites (tertiary alicyclic amines) is 1. The molecular weight excluding hydrogens is 382 g/mol. The number of carbonyl (C=O) groups is 4. The summed E-state index contributed by atoms with van der Waals surface area (Å²) in [5, 5.41) is 2.98. The van der Waals surface area contributed by atoms with Gasteiger partial charge >= 0.3 is 0 Å². The number of fused-ring (bicyclic) bond motifs is 1. The Kier molecular flexibility index (Phi) is 5.88. The first-order chi connectivity index (χ1) is 14.5. The van der Waals surface area contributed by atoms with Crippen molar-refractivity contribution in [3.05, 3.63) is 34.9 Å². The van der Waals surface area contributed by atoms with Crippen molar-refractivity contribution in [3.8, 4) is 0 Å². The van der Waals surface area contributed by atoms with Gasteiger partial charge in [-0.2, -0.15) is 0 Å². The molecule has 0 radical (unpaired) electrons. The number of nitrogens with one attached hydrogen (secondary N) is 1. The summed E-state index contributed by atoms with van der Waals surface area (Å²) in [7, 11) is 0. The van der Waals surface area contributed by atoms with E-state index in [0.717, 1.165) is 44.9 Å². The van der Waals surface area contributed by atoms with Gasteiger partial charge in [-0.3, -0.25) is 24.1 Å². The van der Waals surface area contributed by atoms with Crippen molar-refractivity contribution in [2.45, 2.75) is 70.4 Å². The zero-order valence-corrected chi connectivity index (χ0v) is 17.5. The summed E-state index contributed by atoms with van der Waals surface area (Å²) in [4.78, 5) is 53.5. The maximum absolute atomic E-state index is 13.0. The van der Waals surface area contributed by atoms with E-state index in [1.54, 1.807) is 23.1 Å². The van der Waals surface area contributed by atoms with Crippen LogP contribution in [0.4, 0.5) is 0 Å². The molecule has 7 nitrogen and oxygen atoms in total. The molecule has 1 aromatic carbocycles. The van der Waals surface area contributed by atoms with Gasteiger partial charge in [-0.25, -0.2) is 0 Å². The number of imide groups is 1. The van der Waals surface area contributed by atoms with Crippen molar-refractivity contribution in [3.63, 3.8) is 0 Å². The number of hydrogen-bond acceptors (Lipinski definition) is 4. The molecule has 0 unspecified atom stereocenters. The van der Waals surface area contributed by atoms with Crippen molar-refractivity contribution in [1.82, 2.24) is 15.1 Å². The summed E-state index contributed by atoms with van der Waals surface area (Å²) in [6.45, 7) is 2.95. The number of hydrogen-bond donors (Lipinski definition) is 1. The highest BCUT2D eigenvalue weighted by Crippen LogP contribution is 2.31. The van der Waals surface area contributed by atoms with E-state index < -0.39 is 0 Å². The third kappa shape index (κ3) is 3.85. The molecule has 1 saturated carbocycles. The minimum atomic E-state index is -0.266. The van der Waals surface area contributed by atoms with Crippen LogP contribution in [0, 0.1) is 0 Å². The summed E-state index contributed by atoms with van der Waals surface area (Å²) in [5.41, 5.74) is 1.20. The lowest BCUT2D eigenvalue weighted by Crippen LogP contribution is -2.46. The Hall–Kier alpha value is -2.70. The van der Waals surface area contributed by atoms with E-state index in [-0.39, 0.29) is 35.7 Å². The van der Waals surface area contributed by atoms with Crippen LogP contribution in [0.25, 0.3) is 0 Å². The Labute approximate surface area is 176 Å². The molecule has 1 aromatic rings. The molecule has 4 amide bonds. The van der Waals surface area contributed by atoms with E-state index in [1.165, 1.54) is 4.90 Å². The Morgan fingerprint density at radius 1 is 0.967 bits per heavy atom. The molecule has 1 saturated heterocycles. The molecule has 0 atom stereocenters. The van der Waals surface area contributed by atoms with Gasteiger partial charge in [0.15, 0.2) is 0 Å². The van der Waals surface area contributed by atoms with Crippen molar-refractivity contribution >= 4 is 23.6 Å². The van der Waals surface area contributed by atoms with Gasteiger partial charge in [-0.1, -0.05) is 26.2 Å². The Bertz CT molecular complexity index is 867. The summed E-state index contributed by atoms with van der Waals surface area (Å²) >= 11 is 0. The summed E-state index contributed by atoms with van der Waals surface area (Å²) in [6, 6.07) is 4.94. The number of amides is 4. The molecule has 3 aliphatic rings. The molecule has 7 heteroatoms. The molecule has 1 aliphatic carbocycles. The van der Waals surface area contributed by atoms with E-state index in [1.807, 2.05) is 6.92 Å². The molecule has 2 heterocycles. The normalized spacial score (nSPS) is 20.4. The number of benzene rings is 1. The molecule has 30 heavy (non-hydrogen) atoms. The molecule has 4 rings (SSSR count). The van der Waals surface area contributed by atoms with Crippen LogP contribution in [-0.2, 0) is 4.79 Å². The number of nitrogens with zero attached hydrogens (tertiary/aromatic N) is 2. The predicted molar refractivity (Wildman–Crippen MR) is 111 cm³/mol. The minimum Gasteiger partial charge on any atom is -0.353 e. The van der Waals surface area contributed by atoms with Crippen molar-refractivity contribution in [2.24, 2.45) is 0 Å². The monoisotopic (exact) mass is 411 g/mol. The van der Waals surface area contributed by atoms with Crippen molar-refractivity contribution < 1.29 is 19.2 Å². The van der Waals surface area contributed by atoms with Gasteiger partial charge in [0.05, 0.1) is 11.1 Å². The maximum Gasteiger partial charge on any atom is 0.261 e. The lowest BCUT2D eigenvalue weighted by Gasteiger charge is -2.32.